The van der Waals surface area contributed by atoms with Crippen molar-refractivity contribution in [3.8, 4) is 0 Å². The molecule has 4 rings (SSSR count). The molecule has 0 saturated heterocycles. The highest BCUT2D eigenvalue weighted by atomic mass is 19.1. The van der Waals surface area contributed by atoms with E-state index in [1.54, 1.807) is 24.3 Å². The van der Waals surface area contributed by atoms with Crippen molar-refractivity contribution in [1.29, 1.82) is 0 Å². The van der Waals surface area contributed by atoms with Gasteiger partial charge >= 0.3 is 0 Å². The molecule has 0 spiro atoms. The van der Waals surface area contributed by atoms with Crippen LogP contribution in [0, 0.1) is 0 Å². The van der Waals surface area contributed by atoms with Crippen LogP contribution in [0.2, 0.25) is 0 Å². The van der Waals surface area contributed by atoms with E-state index in [4.69, 9.17) is 0 Å². The zero-order valence-corrected chi connectivity index (χ0v) is 18.9. The molecule has 3 aromatic carbocycles. The van der Waals surface area contributed by atoms with Crippen LogP contribution in [0.15, 0.2) is 84.9 Å². The van der Waals surface area contributed by atoms with Crippen molar-refractivity contribution in [2.45, 2.75) is 43.4 Å². The maximum absolute atomic E-state index is 13.3. The van der Waals surface area contributed by atoms with Crippen molar-refractivity contribution in [2.75, 3.05) is 14.1 Å². The zero-order chi connectivity index (χ0) is 22.6. The lowest BCUT2D eigenvalue weighted by atomic mass is 9.66. The third-order valence-corrected chi connectivity index (χ3v) is 7.12. The standard InChI is InChI=1S/C28H31FN2O/c1-31(2)28(25-14-7-4-8-15-25)18-16-27(17-19-28,24-12-5-3-6-13-24)30-26(32)23-11-9-10-22(20-23)21-29/h3-15,20H,16-19,21H2,1-2H3,(H,30,32). The van der Waals surface area contributed by atoms with Gasteiger partial charge in [0, 0.05) is 11.1 Å². The first-order valence-electron chi connectivity index (χ1n) is 11.2. The molecular formula is C28H31FN2O. The molecule has 0 heterocycles. The number of hydrogen-bond donors (Lipinski definition) is 1. The Balaban J connectivity index is 1.66. The van der Waals surface area contributed by atoms with Gasteiger partial charge in [-0.3, -0.25) is 9.69 Å². The summed E-state index contributed by atoms with van der Waals surface area (Å²) in [5, 5.41) is 3.36. The van der Waals surface area contributed by atoms with Crippen LogP contribution in [0.3, 0.4) is 0 Å². The van der Waals surface area contributed by atoms with Gasteiger partial charge in [-0.25, -0.2) is 4.39 Å². The molecule has 3 nitrogen and oxygen atoms in total. The number of carbonyl (C=O) groups excluding carboxylic acids is 1. The van der Waals surface area contributed by atoms with Crippen LogP contribution < -0.4 is 5.32 Å². The Morgan fingerprint density at radius 2 is 1.44 bits per heavy atom. The van der Waals surface area contributed by atoms with Gasteiger partial charge in [-0.2, -0.15) is 0 Å². The average molecular weight is 431 g/mol. The Kier molecular flexibility index (Phi) is 6.43. The lowest BCUT2D eigenvalue weighted by molar-refractivity contribution is 0.0484. The molecular weight excluding hydrogens is 399 g/mol. The van der Waals surface area contributed by atoms with Gasteiger partial charge in [0.25, 0.3) is 5.91 Å². The molecule has 0 aromatic heterocycles. The maximum Gasteiger partial charge on any atom is 0.251 e. The smallest absolute Gasteiger partial charge is 0.251 e. The first-order valence-corrected chi connectivity index (χ1v) is 11.2. The fourth-order valence-corrected chi connectivity index (χ4v) is 5.16. The number of hydrogen-bond acceptors (Lipinski definition) is 2. The zero-order valence-electron chi connectivity index (χ0n) is 18.9. The van der Waals surface area contributed by atoms with Crippen LogP contribution in [-0.4, -0.2) is 24.9 Å². The van der Waals surface area contributed by atoms with Crippen molar-refractivity contribution in [2.24, 2.45) is 0 Å². The highest BCUT2D eigenvalue weighted by molar-refractivity contribution is 5.95. The Morgan fingerprint density at radius 1 is 0.844 bits per heavy atom. The molecule has 1 amide bonds. The molecule has 166 valence electrons. The van der Waals surface area contributed by atoms with E-state index in [0.717, 1.165) is 31.2 Å². The fourth-order valence-electron chi connectivity index (χ4n) is 5.16. The Labute approximate surface area is 190 Å². The Morgan fingerprint density at radius 3 is 2.00 bits per heavy atom. The van der Waals surface area contributed by atoms with E-state index in [1.807, 2.05) is 18.2 Å². The molecule has 0 radical (unpaired) electrons. The fraction of sp³-hybridized carbons (Fsp3) is 0.321. The highest BCUT2D eigenvalue weighted by Crippen LogP contribution is 2.48. The minimum Gasteiger partial charge on any atom is -0.343 e. The Hall–Kier alpha value is -2.98. The first kappa shape index (κ1) is 22.2. The van der Waals surface area contributed by atoms with Crippen LogP contribution >= 0.6 is 0 Å². The molecule has 3 aromatic rings. The average Bonchev–Trinajstić information content (AvgIpc) is 2.85. The second-order valence-electron chi connectivity index (χ2n) is 9.03. The molecule has 32 heavy (non-hydrogen) atoms. The van der Waals surface area contributed by atoms with Gasteiger partial charge in [-0.05, 0) is 68.6 Å². The van der Waals surface area contributed by atoms with Crippen LogP contribution in [0.25, 0.3) is 0 Å². The monoisotopic (exact) mass is 430 g/mol. The second kappa shape index (κ2) is 9.25. The number of rotatable bonds is 6. The summed E-state index contributed by atoms with van der Waals surface area (Å²) in [5.41, 5.74) is 2.93. The molecule has 1 N–H and O–H groups in total. The van der Waals surface area contributed by atoms with E-state index in [2.05, 4.69) is 66.8 Å². The van der Waals surface area contributed by atoms with Gasteiger partial charge in [0.05, 0.1) is 5.54 Å². The summed E-state index contributed by atoms with van der Waals surface area (Å²) in [6.45, 7) is -0.576. The third kappa shape index (κ3) is 4.20. The van der Waals surface area contributed by atoms with E-state index < -0.39 is 12.2 Å². The van der Waals surface area contributed by atoms with E-state index in [1.165, 1.54) is 5.56 Å². The topological polar surface area (TPSA) is 32.3 Å². The summed E-state index contributed by atoms with van der Waals surface area (Å²) >= 11 is 0. The number of nitrogens with one attached hydrogen (secondary N) is 1. The summed E-state index contributed by atoms with van der Waals surface area (Å²) in [6, 6.07) is 27.8. The predicted molar refractivity (Wildman–Crippen MR) is 127 cm³/mol. The molecule has 1 aliphatic rings. The first-order chi connectivity index (χ1) is 15.5. The minimum absolute atomic E-state index is 0.0710. The number of nitrogens with zero attached hydrogens (tertiary/aromatic N) is 1. The van der Waals surface area contributed by atoms with E-state index in [0.29, 0.717) is 11.1 Å². The van der Waals surface area contributed by atoms with Gasteiger partial charge in [0.15, 0.2) is 0 Å². The predicted octanol–water partition coefficient (Wildman–Crippen LogP) is 5.81. The summed E-state index contributed by atoms with van der Waals surface area (Å²) in [5.74, 6) is -0.152. The maximum atomic E-state index is 13.3. The molecule has 0 bridgehead atoms. The molecule has 0 aliphatic heterocycles. The van der Waals surface area contributed by atoms with Crippen molar-refractivity contribution < 1.29 is 9.18 Å². The van der Waals surface area contributed by atoms with Crippen molar-refractivity contribution in [1.82, 2.24) is 10.2 Å². The quantitative estimate of drug-likeness (QED) is 0.535. The third-order valence-electron chi connectivity index (χ3n) is 7.12. The summed E-state index contributed by atoms with van der Waals surface area (Å²) < 4.78 is 13.2. The molecule has 1 fully saturated rings. The van der Waals surface area contributed by atoms with Crippen LogP contribution in [0.4, 0.5) is 4.39 Å². The second-order valence-corrected chi connectivity index (χ2v) is 9.03. The summed E-state index contributed by atoms with van der Waals surface area (Å²) in [6.07, 6.45) is 3.48. The SMILES string of the molecule is CN(C)C1(c2ccccc2)CCC(NC(=O)c2cccc(CF)c2)(c2ccccc2)CC1. The van der Waals surface area contributed by atoms with Gasteiger partial charge in [-0.1, -0.05) is 72.8 Å². The largest absolute Gasteiger partial charge is 0.343 e. The molecule has 0 unspecified atom stereocenters. The lowest BCUT2D eigenvalue weighted by Gasteiger charge is -2.50. The number of benzene rings is 3. The number of alkyl halides is 1. The minimum atomic E-state index is -0.576. The lowest BCUT2D eigenvalue weighted by Crippen LogP contribution is -2.54. The van der Waals surface area contributed by atoms with Crippen LogP contribution in [0.5, 0.6) is 0 Å². The Bertz CT molecular complexity index is 1040. The van der Waals surface area contributed by atoms with Crippen molar-refractivity contribution >= 4 is 5.91 Å². The van der Waals surface area contributed by atoms with Crippen LogP contribution in [-0.2, 0) is 17.8 Å². The van der Waals surface area contributed by atoms with Gasteiger partial charge < -0.3 is 5.32 Å². The van der Waals surface area contributed by atoms with E-state index in [9.17, 15) is 9.18 Å². The van der Waals surface area contributed by atoms with Gasteiger partial charge in [0.1, 0.15) is 6.67 Å². The van der Waals surface area contributed by atoms with Crippen molar-refractivity contribution in [3.63, 3.8) is 0 Å². The van der Waals surface area contributed by atoms with Gasteiger partial charge in [0.2, 0.25) is 0 Å². The molecule has 1 aliphatic carbocycles. The summed E-state index contributed by atoms with van der Waals surface area (Å²) in [7, 11) is 4.28. The van der Waals surface area contributed by atoms with Gasteiger partial charge in [-0.15, -0.1) is 0 Å². The summed E-state index contributed by atoms with van der Waals surface area (Å²) in [4.78, 5) is 15.6. The van der Waals surface area contributed by atoms with Crippen LogP contribution in [0.1, 0.15) is 52.7 Å². The normalized spacial score (nSPS) is 23.1. The highest BCUT2D eigenvalue weighted by Gasteiger charge is 2.46. The van der Waals surface area contributed by atoms with Crippen molar-refractivity contribution in [3.05, 3.63) is 107 Å². The number of amides is 1. The molecule has 4 heteroatoms. The van der Waals surface area contributed by atoms with E-state index >= 15 is 0 Å². The number of halogens is 1. The molecule has 1 saturated carbocycles. The molecule has 0 atom stereocenters. The van der Waals surface area contributed by atoms with E-state index in [-0.39, 0.29) is 11.4 Å². The number of carbonyl (C=O) groups is 1.